The molecule has 3 heterocycles. The normalized spacial score (nSPS) is 28.1. The first-order valence-electron chi connectivity index (χ1n) is 11.9. The molecule has 0 radical (unpaired) electrons. The summed E-state index contributed by atoms with van der Waals surface area (Å²) in [6, 6.07) is 8.84. The Bertz CT molecular complexity index is 950. The van der Waals surface area contributed by atoms with E-state index in [0.29, 0.717) is 42.3 Å². The van der Waals surface area contributed by atoms with Crippen molar-refractivity contribution in [2.24, 2.45) is 11.7 Å². The largest absolute Gasteiger partial charge is 0.366 e. The summed E-state index contributed by atoms with van der Waals surface area (Å²) in [5, 5.41) is 0. The van der Waals surface area contributed by atoms with Crippen molar-refractivity contribution in [1.29, 1.82) is 0 Å². The minimum atomic E-state index is -2.48. The molecule has 1 aromatic heterocycles. The van der Waals surface area contributed by atoms with Crippen molar-refractivity contribution in [3.63, 3.8) is 0 Å². The number of imidazole rings is 1. The Morgan fingerprint density at radius 2 is 1.84 bits per heavy atom. The maximum atomic E-state index is 13.5. The number of hydrogen-bond donors (Lipinski definition) is 1. The van der Waals surface area contributed by atoms with Gasteiger partial charge in [-0.25, -0.2) is 13.8 Å². The molecule has 2 aliphatic heterocycles. The minimum Gasteiger partial charge on any atom is -0.366 e. The molecule has 32 heavy (non-hydrogen) atoms. The molecule has 2 unspecified atom stereocenters. The molecule has 2 bridgehead atoms. The lowest BCUT2D eigenvalue weighted by Crippen LogP contribution is -2.42. The number of benzene rings is 1. The van der Waals surface area contributed by atoms with E-state index >= 15 is 0 Å². The maximum absolute atomic E-state index is 13.5. The number of carbonyl (C=O) groups excluding carboxylic acids is 1. The molecule has 3 aliphatic rings. The highest BCUT2D eigenvalue weighted by Crippen LogP contribution is 2.44. The number of rotatable bonds is 6. The van der Waals surface area contributed by atoms with Gasteiger partial charge in [-0.2, -0.15) is 0 Å². The lowest BCUT2D eigenvalue weighted by molar-refractivity contribution is -0.0474. The van der Waals surface area contributed by atoms with Crippen LogP contribution in [0.2, 0.25) is 0 Å². The zero-order chi connectivity index (χ0) is 22.3. The third-order valence-electron chi connectivity index (χ3n) is 7.96. The van der Waals surface area contributed by atoms with Crippen LogP contribution in [0, 0.1) is 5.92 Å². The van der Waals surface area contributed by atoms with E-state index < -0.39 is 5.92 Å². The van der Waals surface area contributed by atoms with Crippen LogP contribution in [0.25, 0.3) is 0 Å². The number of fused-ring (bicyclic) bond motifs is 2. The molecule has 2 saturated heterocycles. The third-order valence-corrected chi connectivity index (χ3v) is 7.96. The molecular weight excluding hydrogens is 410 g/mol. The zero-order valence-electron chi connectivity index (χ0n) is 18.4. The Morgan fingerprint density at radius 3 is 2.53 bits per heavy atom. The lowest BCUT2D eigenvalue weighted by Gasteiger charge is -2.39. The number of primary amides is 1. The van der Waals surface area contributed by atoms with Crippen molar-refractivity contribution < 1.29 is 13.6 Å². The Balaban J connectivity index is 1.23. The Hall–Kier alpha value is -2.28. The molecule has 7 heteroatoms. The number of nitrogens with two attached hydrogens (primary N) is 1. The maximum Gasteiger partial charge on any atom is 0.248 e. The van der Waals surface area contributed by atoms with Crippen LogP contribution in [-0.4, -0.2) is 38.4 Å². The van der Waals surface area contributed by atoms with E-state index in [4.69, 9.17) is 5.73 Å². The average Bonchev–Trinajstić information content (AvgIpc) is 3.29. The van der Waals surface area contributed by atoms with Gasteiger partial charge in [0.05, 0.1) is 12.0 Å². The number of halogens is 2. The molecule has 5 rings (SSSR count). The Labute approximate surface area is 188 Å². The van der Waals surface area contributed by atoms with Crippen molar-refractivity contribution in [3.8, 4) is 0 Å². The quantitative estimate of drug-likeness (QED) is 0.704. The van der Waals surface area contributed by atoms with E-state index in [1.165, 1.54) is 24.1 Å². The van der Waals surface area contributed by atoms with Crippen LogP contribution in [0.15, 0.2) is 36.8 Å². The van der Waals surface area contributed by atoms with Crippen LogP contribution < -0.4 is 5.73 Å². The zero-order valence-corrected chi connectivity index (χ0v) is 18.4. The SMILES string of the molecule is NC(=O)c1cccc(C2CC3CCC(C2)N3Cc2cncn2CC2CCC(F)(F)CC2)c1. The molecular formula is C25H32F2N4O. The monoisotopic (exact) mass is 442 g/mol. The molecule has 1 amide bonds. The van der Waals surface area contributed by atoms with Crippen molar-refractivity contribution in [3.05, 3.63) is 53.6 Å². The first-order chi connectivity index (χ1) is 15.4. The van der Waals surface area contributed by atoms with Crippen molar-refractivity contribution in [2.75, 3.05) is 0 Å². The number of hydrogen-bond acceptors (Lipinski definition) is 3. The summed E-state index contributed by atoms with van der Waals surface area (Å²) >= 11 is 0. The standard InChI is InChI=1S/C25H32F2N4O/c26-25(27)8-6-17(7-9-25)14-30-16-29-13-23(30)15-31-21-4-5-22(31)12-20(11-21)18-2-1-3-19(10-18)24(28)32/h1-3,10,13,16-17,20-22H,4-9,11-12,14-15H2,(H2,28,32). The molecule has 0 spiro atoms. The number of aromatic nitrogens is 2. The molecule has 2 aromatic rings. The molecule has 1 saturated carbocycles. The highest BCUT2D eigenvalue weighted by Gasteiger charge is 2.41. The fourth-order valence-corrected chi connectivity index (χ4v) is 6.14. The number of alkyl halides is 2. The summed E-state index contributed by atoms with van der Waals surface area (Å²) in [6.45, 7) is 1.66. The molecule has 2 N–H and O–H groups in total. The van der Waals surface area contributed by atoms with Crippen LogP contribution >= 0.6 is 0 Å². The van der Waals surface area contributed by atoms with E-state index in [0.717, 1.165) is 25.9 Å². The average molecular weight is 443 g/mol. The first kappa shape index (κ1) is 21.6. The molecule has 172 valence electrons. The second kappa shape index (κ2) is 8.58. The summed E-state index contributed by atoms with van der Waals surface area (Å²) in [5.74, 6) is -2.09. The van der Waals surface area contributed by atoms with Gasteiger partial charge in [0.15, 0.2) is 0 Å². The Morgan fingerprint density at radius 1 is 1.12 bits per heavy atom. The predicted molar refractivity (Wildman–Crippen MR) is 118 cm³/mol. The Kier molecular flexibility index (Phi) is 5.78. The van der Waals surface area contributed by atoms with Gasteiger partial charge in [0.25, 0.3) is 0 Å². The van der Waals surface area contributed by atoms with Crippen LogP contribution in [-0.2, 0) is 13.1 Å². The smallest absolute Gasteiger partial charge is 0.248 e. The number of amides is 1. The summed E-state index contributed by atoms with van der Waals surface area (Å²) in [7, 11) is 0. The van der Waals surface area contributed by atoms with Crippen LogP contribution in [0.1, 0.15) is 78.9 Å². The molecule has 3 fully saturated rings. The van der Waals surface area contributed by atoms with Gasteiger partial charge in [0.2, 0.25) is 11.8 Å². The second-order valence-corrected chi connectivity index (χ2v) is 10.1. The fourth-order valence-electron chi connectivity index (χ4n) is 6.14. The van der Waals surface area contributed by atoms with Crippen LogP contribution in [0.3, 0.4) is 0 Å². The lowest BCUT2D eigenvalue weighted by atomic mass is 9.84. The summed E-state index contributed by atoms with van der Waals surface area (Å²) in [4.78, 5) is 18.6. The first-order valence-corrected chi connectivity index (χ1v) is 11.9. The fraction of sp³-hybridized carbons (Fsp3) is 0.600. The molecule has 1 aliphatic carbocycles. The van der Waals surface area contributed by atoms with Gasteiger partial charge in [-0.15, -0.1) is 0 Å². The van der Waals surface area contributed by atoms with Crippen molar-refractivity contribution in [2.45, 2.75) is 88.4 Å². The van der Waals surface area contributed by atoms with Crippen LogP contribution in [0.4, 0.5) is 8.78 Å². The van der Waals surface area contributed by atoms with Gasteiger partial charge >= 0.3 is 0 Å². The van der Waals surface area contributed by atoms with Gasteiger partial charge in [-0.05, 0) is 68.1 Å². The van der Waals surface area contributed by atoms with E-state index in [2.05, 4.69) is 20.5 Å². The van der Waals surface area contributed by atoms with Gasteiger partial charge in [0.1, 0.15) is 0 Å². The van der Waals surface area contributed by atoms with Crippen LogP contribution in [0.5, 0.6) is 0 Å². The van der Waals surface area contributed by atoms with Gasteiger partial charge in [-0.1, -0.05) is 12.1 Å². The number of nitrogens with zero attached hydrogens (tertiary/aromatic N) is 3. The minimum absolute atomic E-state index is 0.0102. The highest BCUT2D eigenvalue weighted by molar-refractivity contribution is 5.92. The van der Waals surface area contributed by atoms with E-state index in [1.54, 1.807) is 6.07 Å². The van der Waals surface area contributed by atoms with Gasteiger partial charge in [0, 0.05) is 49.8 Å². The van der Waals surface area contributed by atoms with Crippen molar-refractivity contribution in [1.82, 2.24) is 14.5 Å². The molecule has 2 atom stereocenters. The number of carbonyl (C=O) groups is 1. The number of piperidine rings is 1. The highest BCUT2D eigenvalue weighted by atomic mass is 19.3. The molecule has 1 aromatic carbocycles. The van der Waals surface area contributed by atoms with Crippen molar-refractivity contribution >= 4 is 5.91 Å². The second-order valence-electron chi connectivity index (χ2n) is 10.1. The van der Waals surface area contributed by atoms with Gasteiger partial charge in [-0.3, -0.25) is 9.69 Å². The topological polar surface area (TPSA) is 64.2 Å². The van der Waals surface area contributed by atoms with Gasteiger partial charge < -0.3 is 10.3 Å². The summed E-state index contributed by atoms with van der Waals surface area (Å²) in [6.07, 6.45) is 9.58. The summed E-state index contributed by atoms with van der Waals surface area (Å²) < 4.78 is 29.2. The van der Waals surface area contributed by atoms with E-state index in [1.807, 2.05) is 24.7 Å². The van der Waals surface area contributed by atoms with E-state index in [-0.39, 0.29) is 18.7 Å². The van der Waals surface area contributed by atoms with E-state index in [9.17, 15) is 13.6 Å². The third kappa shape index (κ3) is 4.45. The predicted octanol–water partition coefficient (Wildman–Crippen LogP) is 4.72. The molecule has 5 nitrogen and oxygen atoms in total. The summed E-state index contributed by atoms with van der Waals surface area (Å²) in [5.41, 5.74) is 8.47.